The topological polar surface area (TPSA) is 74.8 Å². The molecule has 0 saturated heterocycles. The van der Waals surface area contributed by atoms with E-state index in [2.05, 4.69) is 15.5 Å². The van der Waals surface area contributed by atoms with Gasteiger partial charge in [-0.3, -0.25) is 9.59 Å². The van der Waals surface area contributed by atoms with Crippen molar-refractivity contribution in [2.45, 2.75) is 31.1 Å². The Morgan fingerprint density at radius 3 is 2.89 bits per heavy atom. The fourth-order valence-corrected chi connectivity index (χ4v) is 2.55. The van der Waals surface area contributed by atoms with E-state index in [1.807, 2.05) is 0 Å². The molecule has 2 unspecified atom stereocenters. The molecule has 2 rings (SSSR count). The molecule has 0 aromatic carbocycles. The third kappa shape index (κ3) is 3.32. The number of halogens is 1. The Morgan fingerprint density at radius 1 is 1.44 bits per heavy atom. The van der Waals surface area contributed by atoms with Crippen LogP contribution in [0, 0.1) is 5.92 Å². The van der Waals surface area contributed by atoms with Crippen molar-refractivity contribution < 1.29 is 4.79 Å². The Morgan fingerprint density at radius 2 is 2.22 bits per heavy atom. The van der Waals surface area contributed by atoms with Crippen molar-refractivity contribution in [3.63, 3.8) is 0 Å². The number of hydrogen-bond acceptors (Lipinski definition) is 3. The van der Waals surface area contributed by atoms with Crippen molar-refractivity contribution in [2.75, 3.05) is 6.54 Å². The molecule has 0 aliphatic heterocycles. The predicted molar refractivity (Wildman–Crippen MR) is 68.8 cm³/mol. The van der Waals surface area contributed by atoms with E-state index < -0.39 is 0 Å². The van der Waals surface area contributed by atoms with Crippen LogP contribution in [0.2, 0.25) is 0 Å². The molecule has 0 spiro atoms. The van der Waals surface area contributed by atoms with Gasteiger partial charge in [0.2, 0.25) is 0 Å². The van der Waals surface area contributed by atoms with E-state index in [0.29, 0.717) is 12.5 Å². The molecular weight excluding hydrogens is 254 g/mol. The first-order valence-corrected chi connectivity index (χ1v) is 6.58. The average Bonchev–Trinajstić information content (AvgIpc) is 2.38. The van der Waals surface area contributed by atoms with E-state index in [0.717, 1.165) is 12.8 Å². The number of H-pyrrole nitrogens is 1. The van der Waals surface area contributed by atoms with Gasteiger partial charge < -0.3 is 5.32 Å². The van der Waals surface area contributed by atoms with Gasteiger partial charge in [-0.25, -0.2) is 5.10 Å². The van der Waals surface area contributed by atoms with Crippen LogP contribution in [0.15, 0.2) is 16.9 Å². The maximum atomic E-state index is 11.8. The van der Waals surface area contributed by atoms with Crippen molar-refractivity contribution in [2.24, 2.45) is 5.92 Å². The van der Waals surface area contributed by atoms with Crippen LogP contribution in [0.5, 0.6) is 0 Å². The molecule has 18 heavy (non-hydrogen) atoms. The number of hydrogen-bond donors (Lipinski definition) is 2. The Balaban J connectivity index is 1.87. The second-order valence-electron chi connectivity index (χ2n) is 4.58. The molecule has 98 valence electrons. The second-order valence-corrected chi connectivity index (χ2v) is 5.14. The third-order valence-electron chi connectivity index (χ3n) is 3.25. The number of carbonyl (C=O) groups excluding carboxylic acids is 1. The minimum absolute atomic E-state index is 0.141. The van der Waals surface area contributed by atoms with Gasteiger partial charge in [-0.15, -0.1) is 11.6 Å². The van der Waals surface area contributed by atoms with Crippen LogP contribution in [0.25, 0.3) is 0 Å². The van der Waals surface area contributed by atoms with E-state index in [1.165, 1.54) is 25.0 Å². The largest absolute Gasteiger partial charge is 0.350 e. The normalized spacial score (nSPS) is 23.6. The number of rotatable bonds is 3. The highest BCUT2D eigenvalue weighted by Gasteiger charge is 2.23. The number of amides is 1. The highest BCUT2D eigenvalue weighted by molar-refractivity contribution is 6.20. The Kier molecular flexibility index (Phi) is 4.36. The van der Waals surface area contributed by atoms with E-state index in [1.54, 1.807) is 0 Å². The van der Waals surface area contributed by atoms with Crippen LogP contribution in [0.4, 0.5) is 0 Å². The molecular formula is C12H16ClN3O2. The van der Waals surface area contributed by atoms with Gasteiger partial charge in [0.1, 0.15) is 5.69 Å². The lowest BCUT2D eigenvalue weighted by atomic mass is 9.89. The minimum atomic E-state index is -0.320. The number of carbonyl (C=O) groups is 1. The first-order chi connectivity index (χ1) is 8.66. The molecule has 6 heteroatoms. The molecule has 0 radical (unpaired) electrons. The molecule has 1 aromatic rings. The second kappa shape index (κ2) is 6.00. The van der Waals surface area contributed by atoms with Crippen molar-refractivity contribution in [3.8, 4) is 0 Å². The summed E-state index contributed by atoms with van der Waals surface area (Å²) in [6.07, 6.45) is 4.40. The van der Waals surface area contributed by atoms with E-state index in [9.17, 15) is 9.59 Å². The summed E-state index contributed by atoms with van der Waals surface area (Å²) in [7, 11) is 0. The summed E-state index contributed by atoms with van der Waals surface area (Å²) < 4.78 is 0. The summed E-state index contributed by atoms with van der Waals surface area (Å²) in [5.74, 6) is 0.0489. The summed E-state index contributed by atoms with van der Waals surface area (Å²) in [6, 6.07) is 2.69. The van der Waals surface area contributed by atoms with Gasteiger partial charge in [0.05, 0.1) is 0 Å². The van der Waals surface area contributed by atoms with Gasteiger partial charge in [0.15, 0.2) is 0 Å². The summed E-state index contributed by atoms with van der Waals surface area (Å²) in [6.45, 7) is 0.563. The molecule has 1 fully saturated rings. The monoisotopic (exact) mass is 269 g/mol. The van der Waals surface area contributed by atoms with E-state index >= 15 is 0 Å². The fraction of sp³-hybridized carbons (Fsp3) is 0.583. The third-order valence-corrected chi connectivity index (χ3v) is 3.83. The summed E-state index contributed by atoms with van der Waals surface area (Å²) >= 11 is 6.22. The highest BCUT2D eigenvalue weighted by Crippen LogP contribution is 2.27. The van der Waals surface area contributed by atoms with Crippen molar-refractivity contribution in [3.05, 3.63) is 28.2 Å². The Hall–Kier alpha value is -1.36. The van der Waals surface area contributed by atoms with Crippen molar-refractivity contribution in [1.82, 2.24) is 15.5 Å². The molecule has 2 atom stereocenters. The summed E-state index contributed by atoms with van der Waals surface area (Å²) in [4.78, 5) is 22.6. The molecule has 1 aliphatic carbocycles. The van der Waals surface area contributed by atoms with Crippen LogP contribution in [0.3, 0.4) is 0 Å². The first-order valence-electron chi connectivity index (χ1n) is 6.15. The van der Waals surface area contributed by atoms with Gasteiger partial charge >= 0.3 is 0 Å². The molecule has 1 aromatic heterocycles. The molecule has 1 saturated carbocycles. The summed E-state index contributed by atoms with van der Waals surface area (Å²) in [5, 5.41) is 8.87. The maximum Gasteiger partial charge on any atom is 0.271 e. The maximum absolute atomic E-state index is 11.8. The van der Waals surface area contributed by atoms with Gasteiger partial charge in [-0.05, 0) is 24.8 Å². The van der Waals surface area contributed by atoms with E-state index in [-0.39, 0.29) is 22.5 Å². The standard InChI is InChI=1S/C12H16ClN3O2/c13-9-4-2-1-3-8(9)7-14-12(18)10-5-6-11(17)16-15-10/h5-6,8-9H,1-4,7H2,(H,14,18)(H,16,17). The van der Waals surface area contributed by atoms with Crippen molar-refractivity contribution in [1.29, 1.82) is 0 Å². The lowest BCUT2D eigenvalue weighted by Gasteiger charge is -2.26. The van der Waals surface area contributed by atoms with Gasteiger partial charge in [-0.2, -0.15) is 5.10 Å². The predicted octanol–water partition coefficient (Wildman–Crippen LogP) is 1.30. The van der Waals surface area contributed by atoms with Crippen molar-refractivity contribution >= 4 is 17.5 Å². The molecule has 5 nitrogen and oxygen atoms in total. The Bertz CT molecular complexity index is 454. The number of nitrogens with zero attached hydrogens (tertiary/aromatic N) is 1. The number of alkyl halides is 1. The van der Waals surface area contributed by atoms with Crippen LogP contribution < -0.4 is 10.9 Å². The zero-order chi connectivity index (χ0) is 13.0. The van der Waals surface area contributed by atoms with Gasteiger partial charge in [0.25, 0.3) is 11.5 Å². The molecule has 0 bridgehead atoms. The molecule has 2 N–H and O–H groups in total. The summed E-state index contributed by atoms with van der Waals surface area (Å²) in [5.41, 5.74) is -0.101. The van der Waals surface area contributed by atoms with Crippen LogP contribution >= 0.6 is 11.6 Å². The molecule has 1 aliphatic rings. The first kappa shape index (κ1) is 13.1. The average molecular weight is 270 g/mol. The zero-order valence-electron chi connectivity index (χ0n) is 9.99. The van der Waals surface area contributed by atoms with Gasteiger partial charge in [-0.1, -0.05) is 12.8 Å². The van der Waals surface area contributed by atoms with E-state index in [4.69, 9.17) is 11.6 Å². The smallest absolute Gasteiger partial charge is 0.271 e. The number of aromatic amines is 1. The van der Waals surface area contributed by atoms with Crippen LogP contribution in [-0.2, 0) is 0 Å². The van der Waals surface area contributed by atoms with Gasteiger partial charge in [0, 0.05) is 18.0 Å². The fourth-order valence-electron chi connectivity index (χ4n) is 2.18. The zero-order valence-corrected chi connectivity index (χ0v) is 10.7. The molecule has 1 heterocycles. The highest BCUT2D eigenvalue weighted by atomic mass is 35.5. The quantitative estimate of drug-likeness (QED) is 0.812. The lowest BCUT2D eigenvalue weighted by molar-refractivity contribution is 0.0938. The number of nitrogens with one attached hydrogen (secondary N) is 2. The molecule has 1 amide bonds. The van der Waals surface area contributed by atoms with Crippen LogP contribution in [-0.4, -0.2) is 28.0 Å². The lowest BCUT2D eigenvalue weighted by Crippen LogP contribution is -2.35. The SMILES string of the molecule is O=C(NCC1CCCCC1Cl)c1ccc(=O)[nH]n1. The van der Waals surface area contributed by atoms with Crippen LogP contribution in [0.1, 0.15) is 36.2 Å². The number of aromatic nitrogens is 2. The Labute approximate surface area is 110 Å². The minimum Gasteiger partial charge on any atom is -0.350 e.